The Hall–Kier alpha value is -0.400. The Bertz CT molecular complexity index is 559. The lowest BCUT2D eigenvalue weighted by Gasteiger charge is -2.31. The van der Waals surface area contributed by atoms with E-state index in [4.69, 9.17) is 46.4 Å². The van der Waals surface area contributed by atoms with E-state index in [9.17, 15) is 0 Å². The normalized spacial score (nSPS) is 11.6. The molecule has 0 aromatic heterocycles. The molecular weight excluding hydrogens is 334 g/mol. The molecule has 0 aliphatic heterocycles. The molecule has 0 nitrogen and oxygen atoms in total. The van der Waals surface area contributed by atoms with E-state index in [-0.39, 0.29) is 5.41 Å². The van der Waals surface area contributed by atoms with E-state index < -0.39 is 0 Å². The minimum atomic E-state index is -0.349. The number of hydrogen-bond acceptors (Lipinski definition) is 0. The van der Waals surface area contributed by atoms with Crippen molar-refractivity contribution in [3.63, 3.8) is 0 Å². The fraction of sp³-hybridized carbons (Fsp3) is 0.250. The first-order valence-electron chi connectivity index (χ1n) is 6.23. The van der Waals surface area contributed by atoms with Crippen molar-refractivity contribution in [2.45, 2.75) is 11.8 Å². The molecule has 0 aliphatic rings. The Morgan fingerprint density at radius 2 is 1.40 bits per heavy atom. The molecule has 0 unspecified atom stereocenters. The Morgan fingerprint density at radius 3 is 1.95 bits per heavy atom. The maximum Gasteiger partial charge on any atom is 0.0438 e. The highest BCUT2D eigenvalue weighted by Gasteiger charge is 2.31. The Balaban J connectivity index is 2.39. The zero-order chi connectivity index (χ0) is 14.6. The van der Waals surface area contributed by atoms with Gasteiger partial charge in [-0.3, -0.25) is 0 Å². The Morgan fingerprint density at radius 1 is 0.800 bits per heavy atom. The largest absolute Gasteiger partial charge is 0.126 e. The minimum absolute atomic E-state index is 0.349. The van der Waals surface area contributed by atoms with Crippen LogP contribution in [-0.2, 0) is 11.8 Å². The summed E-state index contributed by atoms with van der Waals surface area (Å²) < 4.78 is 0. The van der Waals surface area contributed by atoms with Gasteiger partial charge < -0.3 is 0 Å². The maximum absolute atomic E-state index is 6.25. The molecule has 0 saturated carbocycles. The summed E-state index contributed by atoms with van der Waals surface area (Å²) in [4.78, 5) is 0. The van der Waals surface area contributed by atoms with Gasteiger partial charge in [0.05, 0.1) is 0 Å². The molecule has 0 atom stereocenters. The third-order valence-corrected chi connectivity index (χ3v) is 5.10. The van der Waals surface area contributed by atoms with E-state index in [0.717, 1.165) is 16.1 Å². The van der Waals surface area contributed by atoms with Crippen LogP contribution >= 0.6 is 46.4 Å². The molecule has 0 N–H and O–H groups in total. The van der Waals surface area contributed by atoms with Crippen LogP contribution in [0.3, 0.4) is 0 Å². The van der Waals surface area contributed by atoms with Crippen molar-refractivity contribution in [3.8, 4) is 0 Å². The molecule has 0 saturated heterocycles. The zero-order valence-electron chi connectivity index (χ0n) is 10.8. The lowest BCUT2D eigenvalue weighted by atomic mass is 9.79. The van der Waals surface area contributed by atoms with Crippen LogP contribution in [0.1, 0.15) is 11.1 Å². The number of benzene rings is 2. The molecule has 0 radical (unpaired) electrons. The maximum atomic E-state index is 6.25. The number of halogens is 4. The lowest BCUT2D eigenvalue weighted by Crippen LogP contribution is -2.33. The second-order valence-corrected chi connectivity index (χ2v) is 6.20. The molecule has 0 amide bonds. The van der Waals surface area contributed by atoms with Gasteiger partial charge >= 0.3 is 0 Å². The molecule has 2 aromatic carbocycles. The number of rotatable bonds is 5. The summed E-state index contributed by atoms with van der Waals surface area (Å²) in [6, 6.07) is 15.4. The number of hydrogen-bond donors (Lipinski definition) is 0. The highest BCUT2D eigenvalue weighted by Crippen LogP contribution is 2.34. The van der Waals surface area contributed by atoms with Crippen LogP contribution in [0.15, 0.2) is 48.5 Å². The fourth-order valence-electron chi connectivity index (χ4n) is 2.20. The van der Waals surface area contributed by atoms with Crippen LogP contribution in [0.2, 0.25) is 10.0 Å². The van der Waals surface area contributed by atoms with Crippen molar-refractivity contribution in [1.82, 2.24) is 0 Å². The van der Waals surface area contributed by atoms with Crippen molar-refractivity contribution in [1.29, 1.82) is 0 Å². The van der Waals surface area contributed by atoms with Crippen LogP contribution in [-0.4, -0.2) is 11.8 Å². The summed E-state index contributed by atoms with van der Waals surface area (Å²) in [7, 11) is 0. The predicted molar refractivity (Wildman–Crippen MR) is 89.7 cm³/mol. The standard InChI is InChI=1S/C16H14Cl4/c17-10-16(11-18,13-5-7-14(19)8-6-13)9-12-3-1-2-4-15(12)20/h1-8H,9-11H2. The lowest BCUT2D eigenvalue weighted by molar-refractivity contribution is 0.536. The van der Waals surface area contributed by atoms with Crippen molar-refractivity contribution in [2.24, 2.45) is 0 Å². The van der Waals surface area contributed by atoms with Crippen LogP contribution in [0, 0.1) is 0 Å². The topological polar surface area (TPSA) is 0 Å². The average molecular weight is 348 g/mol. The van der Waals surface area contributed by atoms with Crippen LogP contribution in [0.5, 0.6) is 0 Å². The van der Waals surface area contributed by atoms with Crippen molar-refractivity contribution in [3.05, 3.63) is 69.7 Å². The Labute approximate surface area is 139 Å². The van der Waals surface area contributed by atoms with Gasteiger partial charge in [-0.1, -0.05) is 53.5 Å². The SMILES string of the molecule is ClCC(CCl)(Cc1ccccc1Cl)c1ccc(Cl)cc1. The van der Waals surface area contributed by atoms with E-state index in [1.165, 1.54) is 0 Å². The van der Waals surface area contributed by atoms with Gasteiger partial charge in [0, 0.05) is 27.2 Å². The summed E-state index contributed by atoms with van der Waals surface area (Å²) in [5.74, 6) is 0.840. The van der Waals surface area contributed by atoms with Gasteiger partial charge in [-0.25, -0.2) is 0 Å². The summed E-state index contributed by atoms with van der Waals surface area (Å²) in [5, 5.41) is 1.44. The molecule has 106 valence electrons. The van der Waals surface area contributed by atoms with Crippen LogP contribution in [0.4, 0.5) is 0 Å². The van der Waals surface area contributed by atoms with Gasteiger partial charge in [0.1, 0.15) is 0 Å². The highest BCUT2D eigenvalue weighted by atomic mass is 35.5. The molecular formula is C16H14Cl4. The predicted octanol–water partition coefficient (Wildman–Crippen LogP) is 5.95. The molecule has 20 heavy (non-hydrogen) atoms. The van der Waals surface area contributed by atoms with Crippen molar-refractivity contribution in [2.75, 3.05) is 11.8 Å². The summed E-state index contributed by atoms with van der Waals surface area (Å²) >= 11 is 24.7. The fourth-order valence-corrected chi connectivity index (χ4v) is 3.31. The molecule has 0 bridgehead atoms. The van der Waals surface area contributed by atoms with Crippen LogP contribution in [0.25, 0.3) is 0 Å². The third-order valence-electron chi connectivity index (χ3n) is 3.45. The number of alkyl halides is 2. The van der Waals surface area contributed by atoms with Gasteiger partial charge in [0.15, 0.2) is 0 Å². The second kappa shape index (κ2) is 7.04. The van der Waals surface area contributed by atoms with E-state index in [1.54, 1.807) is 0 Å². The molecule has 0 fully saturated rings. The van der Waals surface area contributed by atoms with E-state index in [0.29, 0.717) is 23.2 Å². The third kappa shape index (κ3) is 3.43. The monoisotopic (exact) mass is 346 g/mol. The van der Waals surface area contributed by atoms with Gasteiger partial charge in [-0.05, 0) is 35.7 Å². The van der Waals surface area contributed by atoms with Gasteiger partial charge in [-0.15, -0.1) is 23.2 Å². The summed E-state index contributed by atoms with van der Waals surface area (Å²) in [5.41, 5.74) is 1.77. The van der Waals surface area contributed by atoms with Crippen LogP contribution < -0.4 is 0 Å². The molecule has 0 heterocycles. The van der Waals surface area contributed by atoms with E-state index in [2.05, 4.69) is 0 Å². The van der Waals surface area contributed by atoms with Crippen molar-refractivity contribution >= 4 is 46.4 Å². The molecule has 0 aliphatic carbocycles. The molecule has 0 spiro atoms. The van der Waals surface area contributed by atoms with Crippen molar-refractivity contribution < 1.29 is 0 Å². The minimum Gasteiger partial charge on any atom is -0.126 e. The van der Waals surface area contributed by atoms with Gasteiger partial charge in [0.2, 0.25) is 0 Å². The summed E-state index contributed by atoms with van der Waals surface area (Å²) in [6.07, 6.45) is 0.696. The second-order valence-electron chi connectivity index (χ2n) is 4.82. The molecule has 2 aromatic rings. The first kappa shape index (κ1) is 16.0. The smallest absolute Gasteiger partial charge is 0.0438 e. The quantitative estimate of drug-likeness (QED) is 0.586. The summed E-state index contributed by atoms with van der Waals surface area (Å²) in [6.45, 7) is 0. The first-order valence-corrected chi connectivity index (χ1v) is 8.05. The Kier molecular flexibility index (Phi) is 5.63. The van der Waals surface area contributed by atoms with Gasteiger partial charge in [0.25, 0.3) is 0 Å². The highest BCUT2D eigenvalue weighted by molar-refractivity contribution is 6.31. The van der Waals surface area contributed by atoms with E-state index in [1.807, 2.05) is 48.5 Å². The zero-order valence-corrected chi connectivity index (χ0v) is 13.8. The van der Waals surface area contributed by atoms with E-state index >= 15 is 0 Å². The van der Waals surface area contributed by atoms with Gasteiger partial charge in [-0.2, -0.15) is 0 Å². The average Bonchev–Trinajstić information content (AvgIpc) is 2.48. The molecule has 4 heteroatoms. The molecule has 2 rings (SSSR count). The first-order chi connectivity index (χ1) is 9.61.